The first-order chi connectivity index (χ1) is 17.6. The van der Waals surface area contributed by atoms with E-state index in [1.165, 1.54) is 11.8 Å². The van der Waals surface area contributed by atoms with Crippen molar-refractivity contribution in [1.29, 1.82) is 0 Å². The first-order valence-corrected chi connectivity index (χ1v) is 14.0. The SMILES string of the molecule is CC(C)CC(NC(=O)C1(NC(=O)c2ccccc2Cl)CCCCC1)C(=O)c1nnc(SCCN(C)C)o1. The Hall–Kier alpha value is -2.43. The summed E-state index contributed by atoms with van der Waals surface area (Å²) in [5, 5.41) is 14.4. The molecule has 0 aliphatic heterocycles. The monoisotopic (exact) mass is 549 g/mol. The smallest absolute Gasteiger partial charge is 0.286 e. The molecule has 1 atom stereocenters. The molecular formula is C26H36ClN5O4S. The summed E-state index contributed by atoms with van der Waals surface area (Å²) in [7, 11) is 3.94. The fourth-order valence-electron chi connectivity index (χ4n) is 4.33. The van der Waals surface area contributed by atoms with Crippen molar-refractivity contribution in [3.8, 4) is 0 Å². The summed E-state index contributed by atoms with van der Waals surface area (Å²) < 4.78 is 5.61. The van der Waals surface area contributed by atoms with Crippen LogP contribution < -0.4 is 10.6 Å². The normalized spacial score (nSPS) is 16.0. The largest absolute Gasteiger partial charge is 0.408 e. The van der Waals surface area contributed by atoms with Crippen LogP contribution in [-0.2, 0) is 4.79 Å². The van der Waals surface area contributed by atoms with E-state index in [0.29, 0.717) is 35.1 Å². The van der Waals surface area contributed by atoms with Crippen LogP contribution in [0.5, 0.6) is 0 Å². The molecule has 37 heavy (non-hydrogen) atoms. The van der Waals surface area contributed by atoms with Crippen molar-refractivity contribution in [2.24, 2.45) is 5.92 Å². The van der Waals surface area contributed by atoms with Crippen molar-refractivity contribution >= 4 is 41.0 Å². The van der Waals surface area contributed by atoms with Crippen molar-refractivity contribution in [2.75, 3.05) is 26.4 Å². The minimum atomic E-state index is -1.13. The Morgan fingerprint density at radius 2 is 1.84 bits per heavy atom. The zero-order valence-corrected chi connectivity index (χ0v) is 23.5. The van der Waals surface area contributed by atoms with E-state index in [4.69, 9.17) is 16.0 Å². The first kappa shape index (κ1) is 29.1. The molecule has 1 saturated carbocycles. The summed E-state index contributed by atoms with van der Waals surface area (Å²) >= 11 is 7.60. The molecule has 1 aromatic carbocycles. The predicted octanol–water partition coefficient (Wildman–Crippen LogP) is 4.22. The van der Waals surface area contributed by atoms with Crippen LogP contribution in [0, 0.1) is 5.92 Å². The van der Waals surface area contributed by atoms with Crippen LogP contribution in [0.15, 0.2) is 33.9 Å². The third kappa shape index (κ3) is 8.02. The molecule has 1 aliphatic carbocycles. The number of nitrogens with zero attached hydrogens (tertiary/aromatic N) is 3. The molecule has 1 heterocycles. The average Bonchev–Trinajstić information content (AvgIpc) is 3.32. The number of carbonyl (C=O) groups excluding carboxylic acids is 3. The molecule has 2 aromatic rings. The maximum Gasteiger partial charge on any atom is 0.286 e. The van der Waals surface area contributed by atoms with Gasteiger partial charge in [0.2, 0.25) is 11.7 Å². The molecule has 1 unspecified atom stereocenters. The predicted molar refractivity (Wildman–Crippen MR) is 144 cm³/mol. The molecule has 1 aliphatic rings. The van der Waals surface area contributed by atoms with Crippen molar-refractivity contribution in [3.05, 3.63) is 40.7 Å². The van der Waals surface area contributed by atoms with Gasteiger partial charge in [-0.15, -0.1) is 10.2 Å². The van der Waals surface area contributed by atoms with Gasteiger partial charge in [0.05, 0.1) is 16.6 Å². The summed E-state index contributed by atoms with van der Waals surface area (Å²) in [6.07, 6.45) is 3.90. The van der Waals surface area contributed by atoms with Crippen LogP contribution in [0.4, 0.5) is 0 Å². The molecule has 202 valence electrons. The second-order valence-electron chi connectivity index (χ2n) is 10.1. The zero-order valence-electron chi connectivity index (χ0n) is 21.9. The lowest BCUT2D eigenvalue weighted by Crippen LogP contribution is -2.62. The van der Waals surface area contributed by atoms with Gasteiger partial charge in [-0.25, -0.2) is 0 Å². The van der Waals surface area contributed by atoms with Crippen LogP contribution >= 0.6 is 23.4 Å². The highest BCUT2D eigenvalue weighted by atomic mass is 35.5. The Bertz CT molecular complexity index is 1080. The standard InChI is InChI=1S/C26H36ClN5O4S/c1-17(2)16-20(21(33)23-30-31-25(36-23)37-15-14-32(3)4)28-24(35)26(12-8-5-9-13-26)29-22(34)18-10-6-7-11-19(18)27/h6-7,10-11,17,20H,5,8-9,12-16H2,1-4H3,(H,28,35)(H,29,34). The maximum absolute atomic E-state index is 13.7. The Balaban J connectivity index is 1.77. The lowest BCUT2D eigenvalue weighted by atomic mass is 9.80. The molecule has 2 amide bonds. The average molecular weight is 550 g/mol. The Morgan fingerprint density at radius 3 is 2.49 bits per heavy atom. The van der Waals surface area contributed by atoms with Gasteiger partial charge in [-0.1, -0.05) is 68.6 Å². The van der Waals surface area contributed by atoms with Crippen molar-refractivity contribution in [1.82, 2.24) is 25.7 Å². The molecular weight excluding hydrogens is 514 g/mol. The summed E-state index contributed by atoms with van der Waals surface area (Å²) in [5.41, 5.74) is -0.826. The Kier molecular flexibility index (Phi) is 10.5. The Labute approximate surface area is 227 Å². The molecule has 0 bridgehead atoms. The van der Waals surface area contributed by atoms with E-state index in [0.717, 1.165) is 31.6 Å². The number of rotatable bonds is 12. The maximum atomic E-state index is 13.7. The second-order valence-corrected chi connectivity index (χ2v) is 11.6. The van der Waals surface area contributed by atoms with Gasteiger partial charge in [-0.2, -0.15) is 0 Å². The van der Waals surface area contributed by atoms with Gasteiger partial charge in [0.15, 0.2) is 0 Å². The van der Waals surface area contributed by atoms with E-state index in [1.807, 2.05) is 32.8 Å². The number of hydrogen-bond acceptors (Lipinski definition) is 8. The molecule has 0 saturated heterocycles. The van der Waals surface area contributed by atoms with Gasteiger partial charge in [0.1, 0.15) is 5.54 Å². The van der Waals surface area contributed by atoms with Gasteiger partial charge < -0.3 is 20.0 Å². The van der Waals surface area contributed by atoms with Gasteiger partial charge in [-0.05, 0) is 51.4 Å². The van der Waals surface area contributed by atoms with E-state index in [1.54, 1.807) is 24.3 Å². The number of thioether (sulfide) groups is 1. The van der Waals surface area contributed by atoms with Crippen molar-refractivity contribution in [3.63, 3.8) is 0 Å². The first-order valence-electron chi connectivity index (χ1n) is 12.6. The van der Waals surface area contributed by atoms with E-state index in [-0.39, 0.29) is 17.7 Å². The number of amides is 2. The molecule has 0 spiro atoms. The highest BCUT2D eigenvalue weighted by Gasteiger charge is 2.43. The van der Waals surface area contributed by atoms with Gasteiger partial charge in [0, 0.05) is 12.3 Å². The lowest BCUT2D eigenvalue weighted by Gasteiger charge is -2.37. The molecule has 1 aromatic heterocycles. The minimum Gasteiger partial charge on any atom is -0.408 e. The number of nitrogens with one attached hydrogen (secondary N) is 2. The highest BCUT2D eigenvalue weighted by Crippen LogP contribution is 2.30. The number of Topliss-reactive ketones (excluding diaryl/α,β-unsaturated/α-hetero) is 1. The van der Waals surface area contributed by atoms with Crippen LogP contribution in [0.2, 0.25) is 5.02 Å². The number of hydrogen-bond donors (Lipinski definition) is 2. The zero-order chi connectivity index (χ0) is 27.0. The van der Waals surface area contributed by atoms with Gasteiger partial charge in [0.25, 0.3) is 17.0 Å². The molecule has 1 fully saturated rings. The number of benzene rings is 1. The van der Waals surface area contributed by atoms with E-state index in [9.17, 15) is 14.4 Å². The summed E-state index contributed by atoms with van der Waals surface area (Å²) in [4.78, 5) is 42.2. The Morgan fingerprint density at radius 1 is 1.14 bits per heavy atom. The van der Waals surface area contributed by atoms with Crippen molar-refractivity contribution < 1.29 is 18.8 Å². The summed E-state index contributed by atoms with van der Waals surface area (Å²) in [6.45, 7) is 4.76. The van der Waals surface area contributed by atoms with Crippen LogP contribution in [-0.4, -0.2) is 70.7 Å². The van der Waals surface area contributed by atoms with Crippen LogP contribution in [0.1, 0.15) is 73.4 Å². The van der Waals surface area contributed by atoms with E-state index in [2.05, 4.69) is 20.8 Å². The molecule has 2 N–H and O–H groups in total. The number of ketones is 1. The third-order valence-corrected chi connectivity index (χ3v) is 7.45. The number of halogens is 1. The number of carbonyl (C=O) groups is 3. The number of aromatic nitrogens is 2. The van der Waals surface area contributed by atoms with Crippen molar-refractivity contribution in [2.45, 2.75) is 69.2 Å². The second kappa shape index (κ2) is 13.4. The summed E-state index contributed by atoms with van der Waals surface area (Å²) in [6, 6.07) is 5.88. The lowest BCUT2D eigenvalue weighted by molar-refractivity contribution is -0.129. The fourth-order valence-corrected chi connectivity index (χ4v) is 5.41. The summed E-state index contributed by atoms with van der Waals surface area (Å²) in [5.74, 6) is -0.500. The van der Waals surface area contributed by atoms with E-state index < -0.39 is 23.3 Å². The van der Waals surface area contributed by atoms with Gasteiger partial charge in [-0.3, -0.25) is 14.4 Å². The quantitative estimate of drug-likeness (QED) is 0.298. The van der Waals surface area contributed by atoms with Crippen LogP contribution in [0.3, 0.4) is 0 Å². The molecule has 11 heteroatoms. The van der Waals surface area contributed by atoms with Crippen LogP contribution in [0.25, 0.3) is 0 Å². The van der Waals surface area contributed by atoms with E-state index >= 15 is 0 Å². The topological polar surface area (TPSA) is 117 Å². The van der Waals surface area contributed by atoms with Gasteiger partial charge >= 0.3 is 0 Å². The fraction of sp³-hybridized carbons (Fsp3) is 0.577. The molecule has 3 rings (SSSR count). The molecule has 9 nitrogen and oxygen atoms in total. The third-order valence-electron chi connectivity index (χ3n) is 6.32. The minimum absolute atomic E-state index is 0.117. The highest BCUT2D eigenvalue weighted by molar-refractivity contribution is 7.99. The molecule has 0 radical (unpaired) electrons.